The van der Waals surface area contributed by atoms with Crippen molar-refractivity contribution in [1.82, 2.24) is 10.6 Å². The molecule has 4 heteroatoms. The summed E-state index contributed by atoms with van der Waals surface area (Å²) in [5.74, 6) is 0.0792. The van der Waals surface area contributed by atoms with Crippen LogP contribution in [0.15, 0.2) is 34.9 Å². The third kappa shape index (κ3) is 3.11. The Morgan fingerprint density at radius 1 is 1.33 bits per heavy atom. The quantitative estimate of drug-likeness (QED) is 0.767. The summed E-state index contributed by atoms with van der Waals surface area (Å²) < 4.78 is 5.42. The normalized spacial score (nSPS) is 10.7. The molecule has 0 bridgehead atoms. The molecule has 0 saturated heterocycles. The van der Waals surface area contributed by atoms with E-state index in [-0.39, 0.29) is 5.91 Å². The van der Waals surface area contributed by atoms with Gasteiger partial charge < -0.3 is 15.1 Å². The molecule has 96 valence electrons. The Morgan fingerprint density at radius 2 is 2.17 bits per heavy atom. The van der Waals surface area contributed by atoms with E-state index in [1.807, 2.05) is 31.3 Å². The zero-order valence-electron chi connectivity index (χ0n) is 10.5. The van der Waals surface area contributed by atoms with E-state index in [0.717, 1.165) is 29.5 Å². The van der Waals surface area contributed by atoms with Gasteiger partial charge in [-0.1, -0.05) is 18.2 Å². The molecule has 0 unspecified atom stereocenters. The van der Waals surface area contributed by atoms with Crippen LogP contribution in [-0.4, -0.2) is 19.5 Å². The van der Waals surface area contributed by atoms with E-state index in [2.05, 4.69) is 10.6 Å². The van der Waals surface area contributed by atoms with E-state index in [1.165, 1.54) is 0 Å². The number of hydrogen-bond acceptors (Lipinski definition) is 3. The van der Waals surface area contributed by atoms with Crippen LogP contribution >= 0.6 is 0 Å². The van der Waals surface area contributed by atoms with Gasteiger partial charge in [-0.15, -0.1) is 0 Å². The van der Waals surface area contributed by atoms with Gasteiger partial charge in [-0.25, -0.2) is 0 Å². The van der Waals surface area contributed by atoms with Crippen molar-refractivity contribution >= 4 is 16.9 Å². The minimum absolute atomic E-state index is 0.0792. The molecular formula is C14H18N2O2. The lowest BCUT2D eigenvalue weighted by Crippen LogP contribution is -2.23. The molecule has 2 rings (SSSR count). The number of fused-ring (bicyclic) bond motifs is 1. The third-order valence-corrected chi connectivity index (χ3v) is 2.87. The van der Waals surface area contributed by atoms with Gasteiger partial charge in [0.25, 0.3) is 0 Å². The molecule has 0 aliphatic heterocycles. The second kappa shape index (κ2) is 6.21. The third-order valence-electron chi connectivity index (χ3n) is 2.87. The van der Waals surface area contributed by atoms with Crippen molar-refractivity contribution in [1.29, 1.82) is 0 Å². The van der Waals surface area contributed by atoms with Crippen molar-refractivity contribution < 1.29 is 9.21 Å². The summed E-state index contributed by atoms with van der Waals surface area (Å²) in [6.07, 6.45) is 3.11. The summed E-state index contributed by atoms with van der Waals surface area (Å²) in [6.45, 7) is 1.39. The second-order valence-electron chi connectivity index (χ2n) is 4.24. The lowest BCUT2D eigenvalue weighted by molar-refractivity contribution is -0.121. The van der Waals surface area contributed by atoms with Gasteiger partial charge in [0.2, 0.25) is 5.91 Å². The first-order chi connectivity index (χ1) is 8.81. The molecule has 1 aromatic heterocycles. The molecule has 1 heterocycles. The van der Waals surface area contributed by atoms with Crippen LogP contribution < -0.4 is 10.6 Å². The fourth-order valence-corrected chi connectivity index (χ4v) is 1.88. The van der Waals surface area contributed by atoms with Gasteiger partial charge in [0.15, 0.2) is 0 Å². The number of amides is 1. The van der Waals surface area contributed by atoms with Gasteiger partial charge in [0.05, 0.1) is 6.26 Å². The molecule has 0 spiro atoms. The van der Waals surface area contributed by atoms with Crippen LogP contribution in [0.25, 0.3) is 11.0 Å². The molecule has 2 N–H and O–H groups in total. The SMILES string of the molecule is CNCCCC(=O)NCc1coc2ccccc12. The van der Waals surface area contributed by atoms with Crippen molar-refractivity contribution in [2.24, 2.45) is 0 Å². The number of nitrogens with one attached hydrogen (secondary N) is 2. The van der Waals surface area contributed by atoms with Gasteiger partial charge in [0, 0.05) is 23.9 Å². The van der Waals surface area contributed by atoms with E-state index < -0.39 is 0 Å². The number of furan rings is 1. The molecule has 0 saturated carbocycles. The average Bonchev–Trinajstić information content (AvgIpc) is 2.80. The zero-order valence-corrected chi connectivity index (χ0v) is 10.5. The highest BCUT2D eigenvalue weighted by Gasteiger charge is 2.06. The van der Waals surface area contributed by atoms with Crippen molar-refractivity contribution in [2.75, 3.05) is 13.6 Å². The number of para-hydroxylation sites is 1. The predicted octanol–water partition coefficient (Wildman–Crippen LogP) is 2.05. The Morgan fingerprint density at radius 3 is 3.00 bits per heavy atom. The Bertz CT molecular complexity index is 519. The number of carbonyl (C=O) groups is 1. The fourth-order valence-electron chi connectivity index (χ4n) is 1.88. The standard InChI is InChI=1S/C14H18N2O2/c1-15-8-4-7-14(17)16-9-11-10-18-13-6-3-2-5-12(11)13/h2-3,5-6,10,15H,4,7-9H2,1H3,(H,16,17). The minimum atomic E-state index is 0.0792. The van der Waals surface area contributed by atoms with Gasteiger partial charge >= 0.3 is 0 Å². The van der Waals surface area contributed by atoms with Crippen molar-refractivity contribution in [3.8, 4) is 0 Å². The first-order valence-electron chi connectivity index (χ1n) is 6.17. The van der Waals surface area contributed by atoms with Crippen LogP contribution in [0.3, 0.4) is 0 Å². The molecule has 0 atom stereocenters. The zero-order chi connectivity index (χ0) is 12.8. The summed E-state index contributed by atoms with van der Waals surface area (Å²) in [6, 6.07) is 7.83. The summed E-state index contributed by atoms with van der Waals surface area (Å²) in [5, 5.41) is 6.99. The van der Waals surface area contributed by atoms with E-state index in [4.69, 9.17) is 4.42 Å². The summed E-state index contributed by atoms with van der Waals surface area (Å²) in [5.41, 5.74) is 1.88. The lowest BCUT2D eigenvalue weighted by atomic mass is 10.2. The Hall–Kier alpha value is -1.81. The maximum absolute atomic E-state index is 11.6. The number of rotatable bonds is 6. The van der Waals surface area contributed by atoms with Gasteiger partial charge in [-0.05, 0) is 26.1 Å². The Labute approximate surface area is 106 Å². The van der Waals surface area contributed by atoms with Gasteiger partial charge in [-0.3, -0.25) is 4.79 Å². The average molecular weight is 246 g/mol. The monoisotopic (exact) mass is 246 g/mol. The molecule has 18 heavy (non-hydrogen) atoms. The molecule has 0 radical (unpaired) electrons. The highest BCUT2D eigenvalue weighted by Crippen LogP contribution is 2.20. The van der Waals surface area contributed by atoms with E-state index >= 15 is 0 Å². The Kier molecular flexibility index (Phi) is 4.36. The van der Waals surface area contributed by atoms with Crippen LogP contribution in [0.5, 0.6) is 0 Å². The number of benzene rings is 1. The van der Waals surface area contributed by atoms with Crippen LogP contribution in [-0.2, 0) is 11.3 Å². The summed E-state index contributed by atoms with van der Waals surface area (Å²) in [7, 11) is 1.88. The number of hydrogen-bond donors (Lipinski definition) is 2. The van der Waals surface area contributed by atoms with Gasteiger partial charge in [0.1, 0.15) is 5.58 Å². The van der Waals surface area contributed by atoms with Crippen LogP contribution in [0.2, 0.25) is 0 Å². The molecule has 0 fully saturated rings. The first kappa shape index (κ1) is 12.6. The van der Waals surface area contributed by atoms with Gasteiger partial charge in [-0.2, -0.15) is 0 Å². The maximum Gasteiger partial charge on any atom is 0.220 e. The Balaban J connectivity index is 1.88. The molecular weight excluding hydrogens is 228 g/mol. The smallest absolute Gasteiger partial charge is 0.220 e. The topological polar surface area (TPSA) is 54.3 Å². The molecule has 4 nitrogen and oxygen atoms in total. The first-order valence-corrected chi connectivity index (χ1v) is 6.17. The highest BCUT2D eigenvalue weighted by molar-refractivity contribution is 5.82. The van der Waals surface area contributed by atoms with E-state index in [1.54, 1.807) is 6.26 Å². The lowest BCUT2D eigenvalue weighted by Gasteiger charge is -2.03. The van der Waals surface area contributed by atoms with Crippen molar-refractivity contribution in [3.05, 3.63) is 36.1 Å². The molecule has 2 aromatic rings. The molecule has 0 aliphatic carbocycles. The molecule has 1 aromatic carbocycles. The minimum Gasteiger partial charge on any atom is -0.464 e. The summed E-state index contributed by atoms with van der Waals surface area (Å²) >= 11 is 0. The number of carbonyl (C=O) groups excluding carboxylic acids is 1. The van der Waals surface area contributed by atoms with E-state index in [9.17, 15) is 4.79 Å². The highest BCUT2D eigenvalue weighted by atomic mass is 16.3. The van der Waals surface area contributed by atoms with Crippen LogP contribution in [0.4, 0.5) is 0 Å². The van der Waals surface area contributed by atoms with Crippen LogP contribution in [0, 0.1) is 0 Å². The van der Waals surface area contributed by atoms with Crippen molar-refractivity contribution in [3.63, 3.8) is 0 Å². The van der Waals surface area contributed by atoms with Crippen LogP contribution in [0.1, 0.15) is 18.4 Å². The summed E-state index contributed by atoms with van der Waals surface area (Å²) in [4.78, 5) is 11.6. The predicted molar refractivity (Wildman–Crippen MR) is 71.2 cm³/mol. The molecule has 0 aliphatic rings. The maximum atomic E-state index is 11.6. The fraction of sp³-hybridized carbons (Fsp3) is 0.357. The molecule has 1 amide bonds. The second-order valence-corrected chi connectivity index (χ2v) is 4.24. The van der Waals surface area contributed by atoms with Crippen molar-refractivity contribution in [2.45, 2.75) is 19.4 Å². The van der Waals surface area contributed by atoms with E-state index in [0.29, 0.717) is 13.0 Å². The largest absolute Gasteiger partial charge is 0.464 e.